The molecule has 1 aliphatic rings. The maximum Gasteiger partial charge on any atom is 0.281 e. The topological polar surface area (TPSA) is 58.7 Å². The molecule has 4 nitrogen and oxygen atoms in total. The summed E-state index contributed by atoms with van der Waals surface area (Å²) in [5.41, 5.74) is 4.90. The summed E-state index contributed by atoms with van der Waals surface area (Å²) in [5, 5.41) is 4.99. The molecule has 0 saturated heterocycles. The SMILES string of the molecule is CC1(C)SC(N)=NN1C(=O)c1c(F)cccc1F. The fraction of sp³-hybridized carbons (Fsp3) is 0.273. The van der Waals surface area contributed by atoms with E-state index in [0.717, 1.165) is 28.9 Å². The van der Waals surface area contributed by atoms with E-state index >= 15 is 0 Å². The van der Waals surface area contributed by atoms with E-state index < -0.39 is 28.0 Å². The number of carbonyl (C=O) groups excluding carboxylic acids is 1. The minimum absolute atomic E-state index is 0.185. The average Bonchev–Trinajstić information content (AvgIpc) is 2.51. The van der Waals surface area contributed by atoms with Gasteiger partial charge in [0.25, 0.3) is 5.91 Å². The standard InChI is InChI=1S/C11H11F2N3OS/c1-11(2)16(15-10(14)18-11)9(17)8-6(12)4-3-5-7(8)13/h3-5H,1-2H3,(H2,14,15). The molecule has 0 fully saturated rings. The molecule has 1 aromatic carbocycles. The van der Waals surface area contributed by atoms with Gasteiger partial charge in [0, 0.05) is 0 Å². The highest BCUT2D eigenvalue weighted by molar-refractivity contribution is 8.15. The maximum absolute atomic E-state index is 13.5. The van der Waals surface area contributed by atoms with Crippen molar-refractivity contribution in [2.75, 3.05) is 0 Å². The summed E-state index contributed by atoms with van der Waals surface area (Å²) >= 11 is 1.15. The van der Waals surface area contributed by atoms with E-state index in [2.05, 4.69) is 5.10 Å². The first-order chi connectivity index (χ1) is 8.33. The Morgan fingerprint density at radius 3 is 2.39 bits per heavy atom. The van der Waals surface area contributed by atoms with Crippen molar-refractivity contribution in [1.82, 2.24) is 5.01 Å². The molecule has 2 rings (SSSR count). The van der Waals surface area contributed by atoms with Crippen LogP contribution in [0.1, 0.15) is 24.2 Å². The first kappa shape index (κ1) is 12.8. The predicted octanol–water partition coefficient (Wildman–Crippen LogP) is 2.12. The normalized spacial score (nSPS) is 17.8. The van der Waals surface area contributed by atoms with Crippen LogP contribution in [-0.2, 0) is 0 Å². The number of rotatable bonds is 1. The summed E-state index contributed by atoms with van der Waals surface area (Å²) in [6.45, 7) is 3.38. The average molecular weight is 271 g/mol. The lowest BCUT2D eigenvalue weighted by molar-refractivity contribution is 0.0681. The van der Waals surface area contributed by atoms with E-state index in [-0.39, 0.29) is 5.17 Å². The first-order valence-corrected chi connectivity index (χ1v) is 5.96. The Bertz CT molecular complexity index is 525. The van der Waals surface area contributed by atoms with Gasteiger partial charge in [0.2, 0.25) is 0 Å². The molecule has 0 radical (unpaired) electrons. The third kappa shape index (κ3) is 2.05. The second-order valence-electron chi connectivity index (χ2n) is 4.20. The fourth-order valence-corrected chi connectivity index (χ4v) is 2.48. The lowest BCUT2D eigenvalue weighted by Crippen LogP contribution is -2.39. The number of benzene rings is 1. The van der Waals surface area contributed by atoms with Gasteiger partial charge in [-0.05, 0) is 26.0 Å². The summed E-state index contributed by atoms with van der Waals surface area (Å²) in [7, 11) is 0. The Morgan fingerprint density at radius 1 is 1.39 bits per heavy atom. The van der Waals surface area contributed by atoms with Crippen molar-refractivity contribution in [3.05, 3.63) is 35.4 Å². The quantitative estimate of drug-likeness (QED) is 0.851. The Hall–Kier alpha value is -1.63. The van der Waals surface area contributed by atoms with Crippen molar-refractivity contribution in [1.29, 1.82) is 0 Å². The molecule has 96 valence electrons. The third-order valence-corrected chi connectivity index (χ3v) is 3.40. The Morgan fingerprint density at radius 2 is 1.94 bits per heavy atom. The molecular formula is C11H11F2N3OS. The monoisotopic (exact) mass is 271 g/mol. The summed E-state index contributed by atoms with van der Waals surface area (Å²) in [6.07, 6.45) is 0. The van der Waals surface area contributed by atoms with Crippen LogP contribution in [0, 0.1) is 11.6 Å². The zero-order valence-corrected chi connectivity index (χ0v) is 10.6. The molecule has 0 bridgehead atoms. The van der Waals surface area contributed by atoms with Crippen molar-refractivity contribution < 1.29 is 13.6 Å². The highest BCUT2D eigenvalue weighted by Gasteiger charge is 2.40. The molecule has 1 aliphatic heterocycles. The van der Waals surface area contributed by atoms with Crippen molar-refractivity contribution in [2.45, 2.75) is 18.7 Å². The third-order valence-electron chi connectivity index (χ3n) is 2.43. The number of hydrogen-bond donors (Lipinski definition) is 1. The number of thioether (sulfide) groups is 1. The van der Waals surface area contributed by atoms with Crippen molar-refractivity contribution in [2.24, 2.45) is 10.8 Å². The molecule has 0 spiro atoms. The van der Waals surface area contributed by atoms with Crippen molar-refractivity contribution in [3.8, 4) is 0 Å². The van der Waals surface area contributed by atoms with Gasteiger partial charge >= 0.3 is 0 Å². The number of amidine groups is 1. The van der Waals surface area contributed by atoms with Gasteiger partial charge in [0.1, 0.15) is 22.1 Å². The number of carbonyl (C=O) groups is 1. The van der Waals surface area contributed by atoms with E-state index in [4.69, 9.17) is 5.73 Å². The van der Waals surface area contributed by atoms with E-state index in [1.807, 2.05) is 0 Å². The van der Waals surface area contributed by atoms with Gasteiger partial charge in [-0.25, -0.2) is 13.8 Å². The zero-order valence-electron chi connectivity index (χ0n) is 9.78. The molecule has 2 N–H and O–H groups in total. The highest BCUT2D eigenvalue weighted by Crippen LogP contribution is 2.36. The van der Waals surface area contributed by atoms with Crippen molar-refractivity contribution in [3.63, 3.8) is 0 Å². The van der Waals surface area contributed by atoms with Crippen LogP contribution >= 0.6 is 11.8 Å². The van der Waals surface area contributed by atoms with Gasteiger partial charge in [0.15, 0.2) is 5.17 Å². The molecule has 0 saturated carbocycles. The summed E-state index contributed by atoms with van der Waals surface area (Å²) in [4.78, 5) is 11.4. The molecule has 0 aromatic heterocycles. The van der Waals surface area contributed by atoms with Crippen LogP contribution in [0.25, 0.3) is 0 Å². The molecule has 1 heterocycles. The Balaban J connectivity index is 2.44. The smallest absolute Gasteiger partial charge is 0.281 e. The van der Waals surface area contributed by atoms with Gasteiger partial charge in [-0.1, -0.05) is 17.8 Å². The largest absolute Gasteiger partial charge is 0.377 e. The lowest BCUT2D eigenvalue weighted by atomic mass is 10.1. The second-order valence-corrected chi connectivity index (χ2v) is 5.82. The number of hydrogen-bond acceptors (Lipinski definition) is 4. The maximum atomic E-state index is 13.5. The second kappa shape index (κ2) is 4.24. The van der Waals surface area contributed by atoms with Crippen LogP contribution in [0.15, 0.2) is 23.3 Å². The molecule has 0 unspecified atom stereocenters. The first-order valence-electron chi connectivity index (χ1n) is 5.14. The van der Waals surface area contributed by atoms with Crippen LogP contribution < -0.4 is 5.73 Å². The molecule has 0 atom stereocenters. The highest BCUT2D eigenvalue weighted by atomic mass is 32.2. The minimum Gasteiger partial charge on any atom is -0.377 e. The van der Waals surface area contributed by atoms with E-state index in [1.165, 1.54) is 6.07 Å². The molecule has 0 aliphatic carbocycles. The number of nitrogens with two attached hydrogens (primary N) is 1. The fourth-order valence-electron chi connectivity index (χ4n) is 1.64. The van der Waals surface area contributed by atoms with Gasteiger partial charge in [0.05, 0.1) is 0 Å². The molecule has 1 aromatic rings. The van der Waals surface area contributed by atoms with E-state index in [0.29, 0.717) is 0 Å². The number of amides is 1. The summed E-state index contributed by atoms with van der Waals surface area (Å²) in [5.74, 6) is -2.67. The predicted molar refractivity (Wildman–Crippen MR) is 65.8 cm³/mol. The van der Waals surface area contributed by atoms with Crippen LogP contribution in [-0.4, -0.2) is 21.0 Å². The number of nitrogens with zero attached hydrogens (tertiary/aromatic N) is 2. The molecule has 7 heteroatoms. The van der Waals surface area contributed by atoms with Crippen molar-refractivity contribution >= 4 is 22.8 Å². The Kier molecular flexibility index (Phi) is 3.02. The van der Waals surface area contributed by atoms with E-state index in [9.17, 15) is 13.6 Å². The molecular weight excluding hydrogens is 260 g/mol. The van der Waals surface area contributed by atoms with Gasteiger partial charge < -0.3 is 5.73 Å². The van der Waals surface area contributed by atoms with Crippen LogP contribution in [0.5, 0.6) is 0 Å². The molecule has 1 amide bonds. The number of halogens is 2. The lowest BCUT2D eigenvalue weighted by Gasteiger charge is -2.27. The van der Waals surface area contributed by atoms with Crippen LogP contribution in [0.2, 0.25) is 0 Å². The van der Waals surface area contributed by atoms with Crippen LogP contribution in [0.3, 0.4) is 0 Å². The Labute approximate surface area is 107 Å². The molecule has 18 heavy (non-hydrogen) atoms. The number of hydrazone groups is 1. The van der Waals surface area contributed by atoms with Crippen LogP contribution in [0.4, 0.5) is 8.78 Å². The summed E-state index contributed by atoms with van der Waals surface area (Å²) in [6, 6.07) is 3.25. The van der Waals surface area contributed by atoms with Gasteiger partial charge in [-0.2, -0.15) is 0 Å². The van der Waals surface area contributed by atoms with Gasteiger partial charge in [-0.3, -0.25) is 4.79 Å². The van der Waals surface area contributed by atoms with Gasteiger partial charge in [-0.15, -0.1) is 5.10 Å². The minimum atomic E-state index is -0.915. The van der Waals surface area contributed by atoms with E-state index in [1.54, 1.807) is 13.8 Å². The summed E-state index contributed by atoms with van der Waals surface area (Å²) < 4.78 is 27.1. The zero-order chi connectivity index (χ0) is 13.5.